The molecule has 3 aliphatic carbocycles. The Hall–Kier alpha value is -2.08. The Labute approximate surface area is 133 Å². The van der Waals surface area contributed by atoms with Gasteiger partial charge < -0.3 is 0 Å². The quantitative estimate of drug-likeness (QED) is 0.625. The number of fused-ring (bicyclic) bond motifs is 1. The Balaban J connectivity index is 2.06. The molecule has 0 saturated carbocycles. The van der Waals surface area contributed by atoms with Crippen LogP contribution in [-0.2, 0) is 0 Å². The highest BCUT2D eigenvalue weighted by Crippen LogP contribution is 2.61. The topological polar surface area (TPSA) is 0 Å². The normalized spacial score (nSPS) is 27.9. The number of hydrogen-bond acceptors (Lipinski definition) is 0. The SMILES string of the molecule is C=C(C)[C@@H]1C2c3ccccc3C(c3ccccc32)[C@H]1C(=C)C. The maximum Gasteiger partial charge on any atom is 0.0167 e. The minimum Gasteiger partial charge on any atom is -0.0998 e. The first kappa shape index (κ1) is 13.6. The van der Waals surface area contributed by atoms with Crippen LogP contribution < -0.4 is 0 Å². The van der Waals surface area contributed by atoms with E-state index in [1.807, 2.05) is 0 Å². The molecular formula is C22H22. The van der Waals surface area contributed by atoms with Crippen LogP contribution in [0.2, 0.25) is 0 Å². The Morgan fingerprint density at radius 1 is 0.636 bits per heavy atom. The summed E-state index contributed by atoms with van der Waals surface area (Å²) in [7, 11) is 0. The highest BCUT2D eigenvalue weighted by Gasteiger charge is 2.49. The molecular weight excluding hydrogens is 264 g/mol. The minimum atomic E-state index is 0.427. The van der Waals surface area contributed by atoms with Gasteiger partial charge >= 0.3 is 0 Å². The fraction of sp³-hybridized carbons (Fsp3) is 0.273. The summed E-state index contributed by atoms with van der Waals surface area (Å²) in [6.45, 7) is 13.0. The van der Waals surface area contributed by atoms with Gasteiger partial charge in [-0.3, -0.25) is 0 Å². The lowest BCUT2D eigenvalue weighted by Gasteiger charge is -2.51. The first-order chi connectivity index (χ1) is 10.6. The van der Waals surface area contributed by atoms with E-state index in [2.05, 4.69) is 75.5 Å². The third kappa shape index (κ3) is 1.64. The van der Waals surface area contributed by atoms with Crippen molar-refractivity contribution in [2.45, 2.75) is 25.7 Å². The monoisotopic (exact) mass is 286 g/mol. The van der Waals surface area contributed by atoms with E-state index in [1.54, 1.807) is 0 Å². The van der Waals surface area contributed by atoms with Crippen LogP contribution in [0, 0.1) is 11.8 Å². The molecule has 2 aromatic rings. The van der Waals surface area contributed by atoms with Crippen molar-refractivity contribution in [3.05, 3.63) is 95.1 Å². The van der Waals surface area contributed by atoms with Crippen molar-refractivity contribution in [3.63, 3.8) is 0 Å². The van der Waals surface area contributed by atoms with Gasteiger partial charge in [-0.25, -0.2) is 0 Å². The van der Waals surface area contributed by atoms with E-state index < -0.39 is 0 Å². The predicted octanol–water partition coefficient (Wildman–Crippen LogP) is 5.66. The standard InChI is InChI=1S/C22H22/c1-13(2)19-20(14(3)4)22-17-11-7-5-9-15(17)21(19)16-10-6-8-12-18(16)22/h5-12,19-22H,1,3H2,2,4H3/t19-,20-,21?,22?/m0/s1. The lowest BCUT2D eigenvalue weighted by molar-refractivity contribution is 0.306. The molecule has 0 spiro atoms. The van der Waals surface area contributed by atoms with Crippen LogP contribution in [0.25, 0.3) is 0 Å². The molecule has 0 aliphatic heterocycles. The molecule has 0 saturated heterocycles. The van der Waals surface area contributed by atoms with Crippen LogP contribution >= 0.6 is 0 Å². The van der Waals surface area contributed by atoms with E-state index in [0.29, 0.717) is 23.7 Å². The maximum atomic E-state index is 4.33. The highest BCUT2D eigenvalue weighted by atomic mass is 14.5. The summed E-state index contributed by atoms with van der Waals surface area (Å²) in [4.78, 5) is 0. The largest absolute Gasteiger partial charge is 0.0998 e. The van der Waals surface area contributed by atoms with E-state index >= 15 is 0 Å². The molecule has 2 atom stereocenters. The predicted molar refractivity (Wildman–Crippen MR) is 93.2 cm³/mol. The molecule has 0 aromatic heterocycles. The molecule has 3 aliphatic rings. The molecule has 0 amide bonds. The number of benzene rings is 2. The third-order valence-electron chi connectivity index (χ3n) is 5.58. The van der Waals surface area contributed by atoms with Crippen LogP contribution in [0.15, 0.2) is 72.8 Å². The molecule has 0 nitrogen and oxygen atoms in total. The molecule has 110 valence electrons. The molecule has 5 rings (SSSR count). The van der Waals surface area contributed by atoms with Gasteiger partial charge in [-0.1, -0.05) is 72.8 Å². The average molecular weight is 286 g/mol. The number of hydrogen-bond donors (Lipinski definition) is 0. The van der Waals surface area contributed by atoms with Crippen molar-refractivity contribution >= 4 is 0 Å². The molecule has 2 bridgehead atoms. The second-order valence-electron chi connectivity index (χ2n) is 6.96. The third-order valence-corrected chi connectivity index (χ3v) is 5.58. The molecule has 0 heteroatoms. The van der Waals surface area contributed by atoms with Crippen molar-refractivity contribution in [3.8, 4) is 0 Å². The van der Waals surface area contributed by atoms with Gasteiger partial charge in [0.1, 0.15) is 0 Å². The summed E-state index contributed by atoms with van der Waals surface area (Å²) < 4.78 is 0. The average Bonchev–Trinajstić information content (AvgIpc) is 2.53. The minimum absolute atomic E-state index is 0.427. The zero-order chi connectivity index (χ0) is 15.4. The first-order valence-corrected chi connectivity index (χ1v) is 8.09. The van der Waals surface area contributed by atoms with Crippen LogP contribution in [-0.4, -0.2) is 0 Å². The van der Waals surface area contributed by atoms with Crippen LogP contribution in [0.1, 0.15) is 47.9 Å². The fourth-order valence-corrected chi connectivity index (χ4v) is 4.86. The zero-order valence-electron chi connectivity index (χ0n) is 13.3. The Morgan fingerprint density at radius 2 is 0.909 bits per heavy atom. The molecule has 2 aromatic carbocycles. The van der Waals surface area contributed by atoms with Gasteiger partial charge in [-0.2, -0.15) is 0 Å². The summed E-state index contributed by atoms with van der Waals surface area (Å²) >= 11 is 0. The lowest BCUT2D eigenvalue weighted by Crippen LogP contribution is -2.40. The smallest absolute Gasteiger partial charge is 0.0167 e. The van der Waals surface area contributed by atoms with Crippen LogP contribution in [0.3, 0.4) is 0 Å². The van der Waals surface area contributed by atoms with Gasteiger partial charge in [0.05, 0.1) is 0 Å². The number of rotatable bonds is 2. The molecule has 0 radical (unpaired) electrons. The van der Waals surface area contributed by atoms with E-state index in [0.717, 1.165) is 0 Å². The fourth-order valence-electron chi connectivity index (χ4n) is 4.86. The summed E-state index contributed by atoms with van der Waals surface area (Å²) in [5, 5.41) is 0. The van der Waals surface area contributed by atoms with E-state index in [-0.39, 0.29) is 0 Å². The summed E-state index contributed by atoms with van der Waals surface area (Å²) in [6.07, 6.45) is 0. The van der Waals surface area contributed by atoms with Crippen molar-refractivity contribution in [2.75, 3.05) is 0 Å². The van der Waals surface area contributed by atoms with Gasteiger partial charge in [0.15, 0.2) is 0 Å². The maximum absolute atomic E-state index is 4.33. The van der Waals surface area contributed by atoms with Crippen LogP contribution in [0.5, 0.6) is 0 Å². The number of allylic oxidation sites excluding steroid dienone is 2. The molecule has 0 heterocycles. The van der Waals surface area contributed by atoms with Crippen molar-refractivity contribution in [2.24, 2.45) is 11.8 Å². The zero-order valence-corrected chi connectivity index (χ0v) is 13.3. The lowest BCUT2D eigenvalue weighted by atomic mass is 9.52. The second kappa shape index (κ2) is 4.71. The summed E-state index contributed by atoms with van der Waals surface area (Å²) in [5.74, 6) is 1.78. The Bertz CT molecular complexity index is 667. The molecule has 0 N–H and O–H groups in total. The summed E-state index contributed by atoms with van der Waals surface area (Å²) in [6, 6.07) is 17.9. The van der Waals surface area contributed by atoms with E-state index in [9.17, 15) is 0 Å². The van der Waals surface area contributed by atoms with Gasteiger partial charge in [-0.05, 0) is 47.9 Å². The van der Waals surface area contributed by atoms with E-state index in [1.165, 1.54) is 33.4 Å². The Kier molecular flexibility index (Phi) is 2.91. The molecule has 0 fully saturated rings. The van der Waals surface area contributed by atoms with Gasteiger partial charge in [0.25, 0.3) is 0 Å². The van der Waals surface area contributed by atoms with E-state index in [4.69, 9.17) is 0 Å². The Morgan fingerprint density at radius 3 is 1.14 bits per heavy atom. The van der Waals surface area contributed by atoms with Gasteiger partial charge in [0, 0.05) is 11.8 Å². The van der Waals surface area contributed by atoms with Gasteiger partial charge in [0.2, 0.25) is 0 Å². The second-order valence-corrected chi connectivity index (χ2v) is 6.96. The van der Waals surface area contributed by atoms with Gasteiger partial charge in [-0.15, -0.1) is 0 Å². The summed E-state index contributed by atoms with van der Waals surface area (Å²) in [5.41, 5.74) is 8.56. The van der Waals surface area contributed by atoms with Crippen LogP contribution in [0.4, 0.5) is 0 Å². The van der Waals surface area contributed by atoms with Crippen molar-refractivity contribution < 1.29 is 0 Å². The molecule has 22 heavy (non-hydrogen) atoms. The first-order valence-electron chi connectivity index (χ1n) is 8.09. The van der Waals surface area contributed by atoms with Crippen molar-refractivity contribution in [1.29, 1.82) is 0 Å². The molecule has 0 unspecified atom stereocenters. The van der Waals surface area contributed by atoms with Crippen molar-refractivity contribution in [1.82, 2.24) is 0 Å². The highest BCUT2D eigenvalue weighted by molar-refractivity contribution is 5.59.